The second-order valence-electron chi connectivity index (χ2n) is 8.69. The third kappa shape index (κ3) is 5.98. The molecular formula is C21H36N2O2. The summed E-state index contributed by atoms with van der Waals surface area (Å²) in [5.74, 6) is 0.888. The Bertz CT molecular complexity index is 545. The van der Waals surface area contributed by atoms with Crippen LogP contribution in [-0.4, -0.2) is 67.4 Å². The molecule has 4 heteroatoms. The molecule has 1 unspecified atom stereocenters. The highest BCUT2D eigenvalue weighted by atomic mass is 16.5. The minimum absolute atomic E-state index is 0.0250. The van der Waals surface area contributed by atoms with Crippen LogP contribution >= 0.6 is 0 Å². The van der Waals surface area contributed by atoms with Gasteiger partial charge in [-0.25, -0.2) is 0 Å². The van der Waals surface area contributed by atoms with Crippen molar-refractivity contribution >= 4 is 0 Å². The Balaban J connectivity index is 1.89. The van der Waals surface area contributed by atoms with E-state index in [9.17, 15) is 5.11 Å². The van der Waals surface area contributed by atoms with Crippen LogP contribution in [0.5, 0.6) is 5.75 Å². The van der Waals surface area contributed by atoms with Crippen molar-refractivity contribution in [2.75, 3.05) is 40.3 Å². The molecule has 142 valence electrons. The summed E-state index contributed by atoms with van der Waals surface area (Å²) in [4.78, 5) is 4.66. The fourth-order valence-electron chi connectivity index (χ4n) is 3.51. The van der Waals surface area contributed by atoms with Gasteiger partial charge in [0.05, 0.1) is 0 Å². The molecule has 0 radical (unpaired) electrons. The van der Waals surface area contributed by atoms with Crippen LogP contribution in [0.1, 0.15) is 44.7 Å². The third-order valence-electron chi connectivity index (χ3n) is 5.18. The Morgan fingerprint density at radius 3 is 2.52 bits per heavy atom. The molecule has 2 rings (SSSR count). The van der Waals surface area contributed by atoms with Gasteiger partial charge in [0.25, 0.3) is 0 Å². The van der Waals surface area contributed by atoms with E-state index in [-0.39, 0.29) is 5.41 Å². The monoisotopic (exact) mass is 348 g/mol. The molecule has 0 amide bonds. The van der Waals surface area contributed by atoms with E-state index in [0.29, 0.717) is 19.2 Å². The minimum Gasteiger partial charge on any atom is -0.491 e. The van der Waals surface area contributed by atoms with E-state index < -0.39 is 6.10 Å². The average Bonchev–Trinajstić information content (AvgIpc) is 2.53. The number of aliphatic hydroxyl groups is 1. The number of piperidine rings is 1. The number of rotatable bonds is 6. The molecule has 1 aliphatic heterocycles. The molecule has 1 N–H and O–H groups in total. The van der Waals surface area contributed by atoms with Gasteiger partial charge in [0, 0.05) is 12.6 Å². The molecule has 0 aliphatic carbocycles. The number of nitrogens with zero attached hydrogens (tertiary/aromatic N) is 2. The summed E-state index contributed by atoms with van der Waals surface area (Å²) < 4.78 is 6.00. The van der Waals surface area contributed by atoms with Gasteiger partial charge in [0.1, 0.15) is 18.5 Å². The van der Waals surface area contributed by atoms with Crippen molar-refractivity contribution in [2.45, 2.75) is 58.1 Å². The minimum atomic E-state index is -0.473. The molecule has 0 aromatic heterocycles. The van der Waals surface area contributed by atoms with Crippen LogP contribution in [0.25, 0.3) is 0 Å². The summed E-state index contributed by atoms with van der Waals surface area (Å²) in [6, 6.07) is 6.85. The van der Waals surface area contributed by atoms with Crippen molar-refractivity contribution in [1.29, 1.82) is 0 Å². The third-order valence-corrected chi connectivity index (χ3v) is 5.18. The first kappa shape index (κ1) is 20.2. The predicted molar refractivity (Wildman–Crippen MR) is 105 cm³/mol. The molecule has 4 nitrogen and oxygen atoms in total. The maximum absolute atomic E-state index is 10.4. The van der Waals surface area contributed by atoms with Crippen molar-refractivity contribution in [3.63, 3.8) is 0 Å². The van der Waals surface area contributed by atoms with Gasteiger partial charge in [-0.05, 0) is 64.0 Å². The topological polar surface area (TPSA) is 35.9 Å². The highest BCUT2D eigenvalue weighted by molar-refractivity contribution is 5.41. The highest BCUT2D eigenvalue weighted by Gasteiger charge is 2.23. The zero-order valence-corrected chi connectivity index (χ0v) is 16.9. The van der Waals surface area contributed by atoms with E-state index in [0.717, 1.165) is 18.8 Å². The highest BCUT2D eigenvalue weighted by Crippen LogP contribution is 2.32. The lowest BCUT2D eigenvalue weighted by Gasteiger charge is -2.36. The first-order chi connectivity index (χ1) is 11.7. The second kappa shape index (κ2) is 8.52. The quantitative estimate of drug-likeness (QED) is 0.857. The van der Waals surface area contributed by atoms with Crippen LogP contribution in [-0.2, 0) is 5.41 Å². The van der Waals surface area contributed by atoms with Gasteiger partial charge in [-0.3, -0.25) is 0 Å². The predicted octanol–water partition coefficient (Wildman–Crippen LogP) is 3.06. The Morgan fingerprint density at radius 1 is 1.28 bits per heavy atom. The van der Waals surface area contributed by atoms with E-state index in [1.807, 2.05) is 6.07 Å². The molecule has 1 fully saturated rings. The van der Waals surface area contributed by atoms with Gasteiger partial charge >= 0.3 is 0 Å². The zero-order chi connectivity index (χ0) is 18.6. The number of hydrogen-bond donors (Lipinski definition) is 1. The van der Waals surface area contributed by atoms with E-state index >= 15 is 0 Å². The molecule has 1 heterocycles. The van der Waals surface area contributed by atoms with Gasteiger partial charge in [0.15, 0.2) is 0 Å². The van der Waals surface area contributed by atoms with Crippen molar-refractivity contribution in [2.24, 2.45) is 0 Å². The van der Waals surface area contributed by atoms with E-state index in [1.54, 1.807) is 0 Å². The molecule has 1 aromatic carbocycles. The van der Waals surface area contributed by atoms with E-state index in [4.69, 9.17) is 4.74 Å². The summed E-state index contributed by atoms with van der Waals surface area (Å²) in [7, 11) is 4.29. The van der Waals surface area contributed by atoms with Crippen LogP contribution in [0.15, 0.2) is 18.2 Å². The molecule has 25 heavy (non-hydrogen) atoms. The lowest BCUT2D eigenvalue weighted by Crippen LogP contribution is -2.45. The number of likely N-dealkylation sites (N-methyl/N-ethyl adjacent to an activating group) is 1. The van der Waals surface area contributed by atoms with Gasteiger partial charge in [-0.15, -0.1) is 0 Å². The van der Waals surface area contributed by atoms with Crippen molar-refractivity contribution in [3.8, 4) is 5.75 Å². The number of likely N-dealkylation sites (tertiary alicyclic amines) is 1. The van der Waals surface area contributed by atoms with E-state index in [1.165, 1.54) is 24.0 Å². The normalized spacial score (nSPS) is 18.6. The first-order valence-electron chi connectivity index (χ1n) is 9.47. The van der Waals surface area contributed by atoms with Gasteiger partial charge in [0.2, 0.25) is 0 Å². The van der Waals surface area contributed by atoms with Crippen molar-refractivity contribution in [3.05, 3.63) is 29.3 Å². The summed E-state index contributed by atoms with van der Waals surface area (Å²) in [5, 5.41) is 10.4. The molecule has 0 bridgehead atoms. The Kier molecular flexibility index (Phi) is 6.89. The number of aryl methyl sites for hydroxylation is 1. The number of hydrogen-bond acceptors (Lipinski definition) is 4. The largest absolute Gasteiger partial charge is 0.491 e. The fraction of sp³-hybridized carbons (Fsp3) is 0.714. The SMILES string of the molecule is Cc1ccc(OCC(O)CN(C)C2CCN(C)CC2)c(C(C)(C)C)c1. The Morgan fingerprint density at radius 2 is 1.92 bits per heavy atom. The molecular weight excluding hydrogens is 312 g/mol. The van der Waals surface area contributed by atoms with Crippen LogP contribution in [0, 0.1) is 6.92 Å². The van der Waals surface area contributed by atoms with Crippen LogP contribution < -0.4 is 4.74 Å². The lowest BCUT2D eigenvalue weighted by atomic mass is 9.85. The van der Waals surface area contributed by atoms with Crippen molar-refractivity contribution in [1.82, 2.24) is 9.80 Å². The van der Waals surface area contributed by atoms with Gasteiger partial charge in [-0.2, -0.15) is 0 Å². The smallest absolute Gasteiger partial charge is 0.123 e. The molecule has 1 aromatic rings. The second-order valence-corrected chi connectivity index (χ2v) is 8.69. The zero-order valence-electron chi connectivity index (χ0n) is 16.9. The molecule has 1 saturated heterocycles. The first-order valence-corrected chi connectivity index (χ1v) is 9.47. The summed E-state index contributed by atoms with van der Waals surface area (Å²) in [5.41, 5.74) is 2.46. The molecule has 0 saturated carbocycles. The van der Waals surface area contributed by atoms with Gasteiger partial charge in [-0.1, -0.05) is 38.5 Å². The summed E-state index contributed by atoms with van der Waals surface area (Å²) in [6.45, 7) is 12.0. The van der Waals surface area contributed by atoms with Crippen LogP contribution in [0.3, 0.4) is 0 Å². The Labute approximate surface area is 153 Å². The lowest BCUT2D eigenvalue weighted by molar-refractivity contribution is 0.0493. The van der Waals surface area contributed by atoms with Gasteiger partial charge < -0.3 is 19.6 Å². The summed E-state index contributed by atoms with van der Waals surface area (Å²) in [6.07, 6.45) is 1.87. The number of benzene rings is 1. The molecule has 1 atom stereocenters. The number of ether oxygens (including phenoxy) is 1. The summed E-state index contributed by atoms with van der Waals surface area (Å²) >= 11 is 0. The van der Waals surface area contributed by atoms with Crippen molar-refractivity contribution < 1.29 is 9.84 Å². The standard InChI is InChI=1S/C21H36N2O2/c1-16-7-8-20(19(13-16)21(2,3)4)25-15-18(24)14-23(6)17-9-11-22(5)12-10-17/h7-8,13,17-18,24H,9-12,14-15H2,1-6H3. The maximum atomic E-state index is 10.4. The van der Waals surface area contributed by atoms with Crippen LogP contribution in [0.4, 0.5) is 0 Å². The Hall–Kier alpha value is -1.10. The molecule has 1 aliphatic rings. The van der Waals surface area contributed by atoms with E-state index in [2.05, 4.69) is 63.7 Å². The number of aliphatic hydroxyl groups excluding tert-OH is 1. The fourth-order valence-corrected chi connectivity index (χ4v) is 3.51. The molecule has 0 spiro atoms. The van der Waals surface area contributed by atoms with Crippen LogP contribution in [0.2, 0.25) is 0 Å². The average molecular weight is 349 g/mol. The maximum Gasteiger partial charge on any atom is 0.123 e.